The molecule has 1 aliphatic carbocycles. The summed E-state index contributed by atoms with van der Waals surface area (Å²) in [6.45, 7) is 2.69. The third kappa shape index (κ3) is 4.59. The van der Waals surface area contributed by atoms with Crippen LogP contribution in [0.5, 0.6) is 0 Å². The van der Waals surface area contributed by atoms with Crippen molar-refractivity contribution < 1.29 is 14.3 Å². The molecule has 5 heteroatoms. The number of nitrogens with one attached hydrogen (secondary N) is 1. The number of rotatable bonds is 6. The molecule has 1 saturated carbocycles. The van der Waals surface area contributed by atoms with E-state index in [0.29, 0.717) is 30.4 Å². The van der Waals surface area contributed by atoms with Crippen molar-refractivity contribution in [1.29, 1.82) is 0 Å². The van der Waals surface area contributed by atoms with Crippen LogP contribution in [0.25, 0.3) is 0 Å². The van der Waals surface area contributed by atoms with Gasteiger partial charge >= 0.3 is 6.09 Å². The molecular weight excluding hydrogens is 316 g/mol. The molecule has 130 valence electrons. The maximum Gasteiger partial charge on any atom is 0.411 e. The minimum atomic E-state index is -0.495. The molecule has 1 aliphatic rings. The van der Waals surface area contributed by atoms with Crippen molar-refractivity contribution in [3.05, 3.63) is 65.7 Å². The van der Waals surface area contributed by atoms with E-state index in [-0.39, 0.29) is 5.91 Å². The molecule has 0 saturated heterocycles. The van der Waals surface area contributed by atoms with Crippen LogP contribution in [0.4, 0.5) is 10.5 Å². The Morgan fingerprint density at radius 1 is 1.08 bits per heavy atom. The zero-order valence-corrected chi connectivity index (χ0v) is 14.3. The van der Waals surface area contributed by atoms with Crippen LogP contribution in [0.15, 0.2) is 54.6 Å². The Labute approximate surface area is 147 Å². The van der Waals surface area contributed by atoms with Crippen molar-refractivity contribution in [2.75, 3.05) is 11.9 Å². The summed E-state index contributed by atoms with van der Waals surface area (Å²) >= 11 is 0. The van der Waals surface area contributed by atoms with Crippen LogP contribution in [0.2, 0.25) is 0 Å². The summed E-state index contributed by atoms with van der Waals surface area (Å²) in [6.07, 6.45) is 1.62. The highest BCUT2D eigenvalue weighted by molar-refractivity contribution is 5.95. The standard InChI is InChI=1S/C20H22N2O3/c1-2-25-20(24)21-17-10-8-16(9-11-17)19(23)22(18-12-13-18)14-15-6-4-3-5-7-15/h3-11,18H,2,12-14H2,1H3,(H,21,24). The lowest BCUT2D eigenvalue weighted by Gasteiger charge is -2.23. The molecule has 2 aromatic rings. The van der Waals surface area contributed by atoms with Gasteiger partial charge in [-0.3, -0.25) is 10.1 Å². The minimum Gasteiger partial charge on any atom is -0.450 e. The second-order valence-corrected chi connectivity index (χ2v) is 6.07. The van der Waals surface area contributed by atoms with E-state index in [1.54, 1.807) is 31.2 Å². The summed E-state index contributed by atoms with van der Waals surface area (Å²) in [5, 5.41) is 2.63. The predicted molar refractivity (Wildman–Crippen MR) is 96.4 cm³/mol. The first-order chi connectivity index (χ1) is 12.2. The summed E-state index contributed by atoms with van der Waals surface area (Å²) in [6, 6.07) is 17.3. The number of nitrogens with zero attached hydrogens (tertiary/aromatic N) is 1. The normalized spacial score (nSPS) is 13.2. The van der Waals surface area contributed by atoms with Gasteiger partial charge in [-0.2, -0.15) is 0 Å². The van der Waals surface area contributed by atoms with Gasteiger partial charge in [0.1, 0.15) is 0 Å². The molecule has 1 fully saturated rings. The molecule has 0 unspecified atom stereocenters. The summed E-state index contributed by atoms with van der Waals surface area (Å²) < 4.78 is 4.84. The fourth-order valence-corrected chi connectivity index (χ4v) is 2.68. The van der Waals surface area contributed by atoms with E-state index in [2.05, 4.69) is 5.32 Å². The topological polar surface area (TPSA) is 58.6 Å². The van der Waals surface area contributed by atoms with Crippen molar-refractivity contribution in [1.82, 2.24) is 4.90 Å². The van der Waals surface area contributed by atoms with Gasteiger partial charge in [-0.25, -0.2) is 4.79 Å². The number of benzene rings is 2. The van der Waals surface area contributed by atoms with Crippen LogP contribution >= 0.6 is 0 Å². The molecule has 0 heterocycles. The number of ether oxygens (including phenoxy) is 1. The largest absolute Gasteiger partial charge is 0.450 e. The quantitative estimate of drug-likeness (QED) is 0.864. The first-order valence-corrected chi connectivity index (χ1v) is 8.56. The molecule has 0 aromatic heterocycles. The molecule has 25 heavy (non-hydrogen) atoms. The smallest absolute Gasteiger partial charge is 0.411 e. The van der Waals surface area contributed by atoms with Crippen LogP contribution < -0.4 is 5.32 Å². The second-order valence-electron chi connectivity index (χ2n) is 6.07. The number of carbonyl (C=O) groups excluding carboxylic acids is 2. The highest BCUT2D eigenvalue weighted by atomic mass is 16.5. The highest BCUT2D eigenvalue weighted by Crippen LogP contribution is 2.30. The van der Waals surface area contributed by atoms with Crippen LogP contribution in [-0.4, -0.2) is 29.5 Å². The van der Waals surface area contributed by atoms with Gasteiger partial charge in [0.15, 0.2) is 0 Å². The maximum atomic E-state index is 12.9. The zero-order chi connectivity index (χ0) is 17.6. The Balaban J connectivity index is 1.68. The molecular formula is C20H22N2O3. The third-order valence-corrected chi connectivity index (χ3v) is 4.10. The van der Waals surface area contributed by atoms with E-state index in [1.165, 1.54) is 0 Å². The van der Waals surface area contributed by atoms with Crippen molar-refractivity contribution >= 4 is 17.7 Å². The van der Waals surface area contributed by atoms with Crippen LogP contribution in [0.1, 0.15) is 35.7 Å². The van der Waals surface area contributed by atoms with Crippen molar-refractivity contribution in [3.63, 3.8) is 0 Å². The first-order valence-electron chi connectivity index (χ1n) is 8.56. The van der Waals surface area contributed by atoms with E-state index in [9.17, 15) is 9.59 Å². The van der Waals surface area contributed by atoms with Crippen LogP contribution in [0, 0.1) is 0 Å². The molecule has 0 radical (unpaired) electrons. The number of hydrogen-bond donors (Lipinski definition) is 1. The van der Waals surface area contributed by atoms with Gasteiger partial charge in [-0.05, 0) is 49.6 Å². The SMILES string of the molecule is CCOC(=O)Nc1ccc(C(=O)N(Cc2ccccc2)C2CC2)cc1. The number of carbonyl (C=O) groups is 2. The minimum absolute atomic E-state index is 0.0223. The Morgan fingerprint density at radius 2 is 1.76 bits per heavy atom. The Hall–Kier alpha value is -2.82. The monoisotopic (exact) mass is 338 g/mol. The van der Waals surface area contributed by atoms with Gasteiger partial charge in [-0.1, -0.05) is 30.3 Å². The fraction of sp³-hybridized carbons (Fsp3) is 0.300. The van der Waals surface area contributed by atoms with Gasteiger partial charge < -0.3 is 9.64 Å². The zero-order valence-electron chi connectivity index (χ0n) is 14.3. The lowest BCUT2D eigenvalue weighted by molar-refractivity contribution is 0.0730. The maximum absolute atomic E-state index is 12.9. The molecule has 3 rings (SSSR count). The summed E-state index contributed by atoms with van der Waals surface area (Å²) in [5.41, 5.74) is 2.36. The average Bonchev–Trinajstić information content (AvgIpc) is 3.46. The van der Waals surface area contributed by atoms with Crippen LogP contribution in [0.3, 0.4) is 0 Å². The van der Waals surface area contributed by atoms with Gasteiger partial charge in [0.05, 0.1) is 6.61 Å². The molecule has 0 bridgehead atoms. The first kappa shape index (κ1) is 17.0. The lowest BCUT2D eigenvalue weighted by Crippen LogP contribution is -2.32. The van der Waals surface area contributed by atoms with Crippen LogP contribution in [-0.2, 0) is 11.3 Å². The number of hydrogen-bond acceptors (Lipinski definition) is 3. The van der Waals surface area contributed by atoms with Gasteiger partial charge in [0.2, 0.25) is 0 Å². The summed E-state index contributed by atoms with van der Waals surface area (Å²) in [4.78, 5) is 26.2. The fourth-order valence-electron chi connectivity index (χ4n) is 2.68. The van der Waals surface area contributed by atoms with Gasteiger partial charge in [-0.15, -0.1) is 0 Å². The second kappa shape index (κ2) is 7.83. The molecule has 0 aliphatic heterocycles. The third-order valence-electron chi connectivity index (χ3n) is 4.10. The van der Waals surface area contributed by atoms with E-state index in [0.717, 1.165) is 18.4 Å². The van der Waals surface area contributed by atoms with E-state index in [1.807, 2.05) is 35.2 Å². The van der Waals surface area contributed by atoms with Gasteiger partial charge in [0, 0.05) is 23.8 Å². The Bertz CT molecular complexity index is 724. The van der Waals surface area contributed by atoms with Crippen molar-refractivity contribution in [3.8, 4) is 0 Å². The van der Waals surface area contributed by atoms with Crippen molar-refractivity contribution in [2.45, 2.75) is 32.4 Å². The van der Waals surface area contributed by atoms with E-state index >= 15 is 0 Å². The predicted octanol–water partition coefficient (Wildman–Crippen LogP) is 4.06. The summed E-state index contributed by atoms with van der Waals surface area (Å²) in [7, 11) is 0. The van der Waals surface area contributed by atoms with Crippen molar-refractivity contribution in [2.24, 2.45) is 0 Å². The highest BCUT2D eigenvalue weighted by Gasteiger charge is 2.33. The number of anilines is 1. The number of amides is 2. The van der Waals surface area contributed by atoms with E-state index in [4.69, 9.17) is 4.74 Å². The molecule has 0 spiro atoms. The Morgan fingerprint density at radius 3 is 2.36 bits per heavy atom. The Kier molecular flexibility index (Phi) is 5.33. The van der Waals surface area contributed by atoms with Gasteiger partial charge in [0.25, 0.3) is 5.91 Å². The van der Waals surface area contributed by atoms with E-state index < -0.39 is 6.09 Å². The lowest BCUT2D eigenvalue weighted by atomic mass is 10.1. The molecule has 5 nitrogen and oxygen atoms in total. The summed E-state index contributed by atoms with van der Waals surface area (Å²) in [5.74, 6) is 0.0223. The molecule has 1 N–H and O–H groups in total. The molecule has 2 aromatic carbocycles. The average molecular weight is 338 g/mol. The molecule has 2 amide bonds. The molecule has 0 atom stereocenters.